The number of carbonyl (C=O) groups excluding carboxylic acids is 1. The van der Waals surface area contributed by atoms with E-state index in [1.54, 1.807) is 7.11 Å². The normalized spacial score (nSPS) is 10.1. The molecule has 1 rings (SSSR count). The number of benzene rings is 1. The van der Waals surface area contributed by atoms with E-state index in [4.69, 9.17) is 9.47 Å². The summed E-state index contributed by atoms with van der Waals surface area (Å²) in [6.45, 7) is 2.72. The second-order valence-electron chi connectivity index (χ2n) is 3.85. The predicted octanol–water partition coefficient (Wildman–Crippen LogP) is 1.31. The Balaban J connectivity index is 2.50. The van der Waals surface area contributed by atoms with Crippen LogP contribution in [0.3, 0.4) is 0 Å². The summed E-state index contributed by atoms with van der Waals surface area (Å²) in [5.74, 6) is 0.760. The summed E-state index contributed by atoms with van der Waals surface area (Å²) < 4.78 is 10.0. The summed E-state index contributed by atoms with van der Waals surface area (Å²) in [6.07, 6.45) is 0.750. The van der Waals surface area contributed by atoms with E-state index in [1.165, 1.54) is 12.7 Å². The Morgan fingerprint density at radius 3 is 2.76 bits per heavy atom. The average Bonchev–Trinajstić information content (AvgIpc) is 2.30. The first kappa shape index (κ1) is 13.5. The summed E-state index contributed by atoms with van der Waals surface area (Å²) >= 11 is 0. The SMILES string of the molecule is COCC(=O)NCCc1cc(C)ccc1OC. The van der Waals surface area contributed by atoms with Crippen LogP contribution in [0, 0.1) is 6.92 Å². The molecule has 1 aromatic rings. The van der Waals surface area contributed by atoms with Crippen LogP contribution in [0.5, 0.6) is 5.75 Å². The molecule has 0 fully saturated rings. The first-order chi connectivity index (χ1) is 8.17. The molecule has 0 saturated heterocycles. The Labute approximate surface area is 102 Å². The molecular weight excluding hydrogens is 218 g/mol. The minimum atomic E-state index is -0.0980. The van der Waals surface area contributed by atoms with E-state index in [1.807, 2.05) is 19.1 Å². The average molecular weight is 237 g/mol. The molecule has 0 unspecified atom stereocenters. The van der Waals surface area contributed by atoms with Gasteiger partial charge in [-0.3, -0.25) is 4.79 Å². The molecule has 0 aliphatic rings. The highest BCUT2D eigenvalue weighted by molar-refractivity contribution is 5.77. The third-order valence-electron chi connectivity index (χ3n) is 2.43. The number of amides is 1. The van der Waals surface area contributed by atoms with Crippen molar-refractivity contribution in [2.45, 2.75) is 13.3 Å². The highest BCUT2D eigenvalue weighted by Gasteiger charge is 2.04. The highest BCUT2D eigenvalue weighted by atomic mass is 16.5. The van der Waals surface area contributed by atoms with Gasteiger partial charge in [-0.25, -0.2) is 0 Å². The largest absolute Gasteiger partial charge is 0.496 e. The molecule has 4 nitrogen and oxygen atoms in total. The fourth-order valence-corrected chi connectivity index (χ4v) is 1.62. The lowest BCUT2D eigenvalue weighted by molar-refractivity contribution is -0.124. The number of hydrogen-bond donors (Lipinski definition) is 1. The Morgan fingerprint density at radius 2 is 2.12 bits per heavy atom. The summed E-state index contributed by atoms with van der Waals surface area (Å²) in [5, 5.41) is 2.78. The van der Waals surface area contributed by atoms with E-state index in [2.05, 4.69) is 11.4 Å². The maximum absolute atomic E-state index is 11.2. The lowest BCUT2D eigenvalue weighted by Gasteiger charge is -2.10. The maximum Gasteiger partial charge on any atom is 0.245 e. The van der Waals surface area contributed by atoms with Crippen LogP contribution >= 0.6 is 0 Å². The standard InChI is InChI=1S/C13H19NO3/c1-10-4-5-12(17-3)11(8-10)6-7-14-13(15)9-16-2/h4-5,8H,6-7,9H2,1-3H3,(H,14,15). The van der Waals surface area contributed by atoms with Crippen LogP contribution in [0.4, 0.5) is 0 Å². The fraction of sp³-hybridized carbons (Fsp3) is 0.462. The number of rotatable bonds is 6. The van der Waals surface area contributed by atoms with E-state index < -0.39 is 0 Å². The van der Waals surface area contributed by atoms with Gasteiger partial charge in [-0.15, -0.1) is 0 Å². The first-order valence-corrected chi connectivity index (χ1v) is 5.56. The number of carbonyl (C=O) groups is 1. The number of hydrogen-bond acceptors (Lipinski definition) is 3. The van der Waals surface area contributed by atoms with Gasteiger partial charge in [0.2, 0.25) is 5.91 Å². The zero-order valence-electron chi connectivity index (χ0n) is 10.6. The Kier molecular flexibility index (Phi) is 5.49. The minimum Gasteiger partial charge on any atom is -0.496 e. The number of nitrogens with one attached hydrogen (secondary N) is 1. The molecule has 0 bridgehead atoms. The molecule has 1 N–H and O–H groups in total. The molecule has 1 aromatic carbocycles. The van der Waals surface area contributed by atoms with Crippen molar-refractivity contribution in [1.29, 1.82) is 0 Å². The molecule has 0 aliphatic carbocycles. The highest BCUT2D eigenvalue weighted by Crippen LogP contribution is 2.19. The number of methoxy groups -OCH3 is 2. The Bertz CT molecular complexity index is 377. The molecule has 17 heavy (non-hydrogen) atoms. The van der Waals surface area contributed by atoms with Gasteiger partial charge in [-0.1, -0.05) is 17.7 Å². The third-order valence-corrected chi connectivity index (χ3v) is 2.43. The first-order valence-electron chi connectivity index (χ1n) is 5.56. The van der Waals surface area contributed by atoms with Crippen molar-refractivity contribution in [2.24, 2.45) is 0 Å². The van der Waals surface area contributed by atoms with Gasteiger partial charge in [-0.05, 0) is 25.0 Å². The van der Waals surface area contributed by atoms with Crippen LogP contribution in [-0.4, -0.2) is 33.3 Å². The lowest BCUT2D eigenvalue weighted by Crippen LogP contribution is -2.29. The van der Waals surface area contributed by atoms with Gasteiger partial charge in [0, 0.05) is 13.7 Å². The van der Waals surface area contributed by atoms with Crippen molar-refractivity contribution < 1.29 is 14.3 Å². The van der Waals surface area contributed by atoms with Gasteiger partial charge in [0.25, 0.3) is 0 Å². The molecule has 94 valence electrons. The Hall–Kier alpha value is -1.55. The van der Waals surface area contributed by atoms with E-state index in [-0.39, 0.29) is 12.5 Å². The smallest absolute Gasteiger partial charge is 0.245 e. The quantitative estimate of drug-likeness (QED) is 0.811. The topological polar surface area (TPSA) is 47.6 Å². The van der Waals surface area contributed by atoms with E-state index >= 15 is 0 Å². The molecule has 1 amide bonds. The van der Waals surface area contributed by atoms with Crippen molar-refractivity contribution in [2.75, 3.05) is 27.4 Å². The van der Waals surface area contributed by atoms with Crippen LogP contribution < -0.4 is 10.1 Å². The molecular formula is C13H19NO3. The monoisotopic (exact) mass is 237 g/mol. The third kappa shape index (κ3) is 4.44. The van der Waals surface area contributed by atoms with E-state index in [0.29, 0.717) is 6.54 Å². The van der Waals surface area contributed by atoms with E-state index in [0.717, 1.165) is 17.7 Å². The van der Waals surface area contributed by atoms with Gasteiger partial charge in [0.1, 0.15) is 12.4 Å². The molecule has 0 radical (unpaired) electrons. The minimum absolute atomic E-state index is 0.0980. The van der Waals surface area contributed by atoms with Gasteiger partial charge < -0.3 is 14.8 Å². The molecule has 0 heterocycles. The van der Waals surface area contributed by atoms with Gasteiger partial charge in [0.15, 0.2) is 0 Å². The Morgan fingerprint density at radius 1 is 1.35 bits per heavy atom. The van der Waals surface area contributed by atoms with Gasteiger partial charge in [-0.2, -0.15) is 0 Å². The fourth-order valence-electron chi connectivity index (χ4n) is 1.62. The molecule has 4 heteroatoms. The van der Waals surface area contributed by atoms with Crippen molar-refractivity contribution >= 4 is 5.91 Å². The summed E-state index contributed by atoms with van der Waals surface area (Å²) in [7, 11) is 3.15. The molecule has 0 saturated carbocycles. The maximum atomic E-state index is 11.2. The molecule has 0 spiro atoms. The second-order valence-corrected chi connectivity index (χ2v) is 3.85. The predicted molar refractivity (Wildman–Crippen MR) is 66.3 cm³/mol. The molecule has 0 aliphatic heterocycles. The van der Waals surface area contributed by atoms with Crippen molar-refractivity contribution in [3.8, 4) is 5.75 Å². The van der Waals surface area contributed by atoms with Crippen LogP contribution in [0.25, 0.3) is 0 Å². The van der Waals surface area contributed by atoms with Crippen LogP contribution in [0.1, 0.15) is 11.1 Å². The molecule has 0 aromatic heterocycles. The summed E-state index contributed by atoms with van der Waals surface area (Å²) in [5.41, 5.74) is 2.29. The number of ether oxygens (including phenoxy) is 2. The van der Waals surface area contributed by atoms with Gasteiger partial charge in [0.05, 0.1) is 7.11 Å². The number of aryl methyl sites for hydroxylation is 1. The van der Waals surface area contributed by atoms with Crippen LogP contribution in [0.15, 0.2) is 18.2 Å². The van der Waals surface area contributed by atoms with Crippen molar-refractivity contribution in [1.82, 2.24) is 5.32 Å². The lowest BCUT2D eigenvalue weighted by atomic mass is 10.1. The summed E-state index contributed by atoms with van der Waals surface area (Å²) in [4.78, 5) is 11.2. The van der Waals surface area contributed by atoms with Crippen LogP contribution in [0.2, 0.25) is 0 Å². The van der Waals surface area contributed by atoms with E-state index in [9.17, 15) is 4.79 Å². The second kappa shape index (κ2) is 6.91. The van der Waals surface area contributed by atoms with Crippen molar-refractivity contribution in [3.63, 3.8) is 0 Å². The zero-order valence-corrected chi connectivity index (χ0v) is 10.6. The van der Waals surface area contributed by atoms with Gasteiger partial charge >= 0.3 is 0 Å². The molecule has 0 atom stereocenters. The van der Waals surface area contributed by atoms with Crippen molar-refractivity contribution in [3.05, 3.63) is 29.3 Å². The van der Waals surface area contributed by atoms with Crippen LogP contribution in [-0.2, 0) is 16.0 Å². The summed E-state index contributed by atoms with van der Waals surface area (Å²) in [6, 6.07) is 6.02. The zero-order chi connectivity index (χ0) is 12.7.